The molecule has 1 amide bonds. The van der Waals surface area contributed by atoms with E-state index in [2.05, 4.69) is 21.2 Å². The van der Waals surface area contributed by atoms with Crippen molar-refractivity contribution in [3.8, 4) is 0 Å². The van der Waals surface area contributed by atoms with Gasteiger partial charge in [0.05, 0.1) is 10.9 Å². The Morgan fingerprint density at radius 1 is 1.05 bits per heavy atom. The number of carbonyl (C=O) groups excluding carboxylic acids is 1. The maximum Gasteiger partial charge on any atom is 0.251 e. The fraction of sp³-hybridized carbons (Fsp3) is 0.188. The molecule has 1 N–H and O–H groups in total. The zero-order valence-electron chi connectivity index (χ0n) is 12.2. The molecule has 0 saturated heterocycles. The third kappa shape index (κ3) is 4.18. The lowest BCUT2D eigenvalue weighted by Crippen LogP contribution is -2.26. The minimum absolute atomic E-state index is 0.143. The van der Waals surface area contributed by atoms with Crippen LogP contribution < -0.4 is 5.32 Å². The van der Waals surface area contributed by atoms with Crippen molar-refractivity contribution in [2.45, 2.75) is 17.9 Å². The summed E-state index contributed by atoms with van der Waals surface area (Å²) < 4.78 is 23.8. The van der Waals surface area contributed by atoms with Crippen LogP contribution in [0, 0.1) is 0 Å². The third-order valence-corrected chi connectivity index (χ3v) is 4.92. The van der Waals surface area contributed by atoms with Gasteiger partial charge in [-0.1, -0.05) is 28.1 Å². The van der Waals surface area contributed by atoms with Gasteiger partial charge in [0.15, 0.2) is 9.84 Å². The standard InChI is InChI=1S/C16H16BrNO3S/c1-11(12-3-7-14(17)8-4-12)18-16(19)13-5-9-15(10-6-13)22(2,20)21/h3-11H,1-2H3,(H,18,19). The first kappa shape index (κ1) is 16.7. The largest absolute Gasteiger partial charge is 0.346 e. The molecule has 0 spiro atoms. The molecule has 0 aliphatic rings. The van der Waals surface area contributed by atoms with Gasteiger partial charge in [-0.05, 0) is 48.9 Å². The van der Waals surface area contributed by atoms with Crippen LogP contribution in [-0.2, 0) is 9.84 Å². The number of nitrogens with one attached hydrogen (secondary N) is 1. The van der Waals surface area contributed by atoms with E-state index in [1.165, 1.54) is 24.3 Å². The molecule has 0 radical (unpaired) electrons. The monoisotopic (exact) mass is 381 g/mol. The van der Waals surface area contributed by atoms with Crippen LogP contribution in [0.5, 0.6) is 0 Å². The second-order valence-corrected chi connectivity index (χ2v) is 7.97. The molecular weight excluding hydrogens is 366 g/mol. The van der Waals surface area contributed by atoms with Crippen molar-refractivity contribution in [2.24, 2.45) is 0 Å². The van der Waals surface area contributed by atoms with Gasteiger partial charge in [-0.2, -0.15) is 0 Å². The summed E-state index contributed by atoms with van der Waals surface area (Å²) in [6.07, 6.45) is 1.14. The molecule has 1 atom stereocenters. The first-order chi connectivity index (χ1) is 10.3. The SMILES string of the molecule is CC(NC(=O)c1ccc(S(C)(=O)=O)cc1)c1ccc(Br)cc1. The Morgan fingerprint density at radius 2 is 1.59 bits per heavy atom. The Morgan fingerprint density at radius 3 is 2.09 bits per heavy atom. The second kappa shape index (κ2) is 6.62. The fourth-order valence-corrected chi connectivity index (χ4v) is 2.86. The van der Waals surface area contributed by atoms with Crippen molar-refractivity contribution >= 4 is 31.7 Å². The number of benzene rings is 2. The van der Waals surface area contributed by atoms with Gasteiger partial charge in [-0.15, -0.1) is 0 Å². The molecule has 4 nitrogen and oxygen atoms in total. The number of halogens is 1. The lowest BCUT2D eigenvalue weighted by molar-refractivity contribution is 0.0940. The molecule has 0 aliphatic heterocycles. The summed E-state index contributed by atoms with van der Waals surface area (Å²) in [5, 5.41) is 2.89. The van der Waals surface area contributed by atoms with Crippen molar-refractivity contribution < 1.29 is 13.2 Å². The van der Waals surface area contributed by atoms with E-state index in [0.717, 1.165) is 16.3 Å². The van der Waals surface area contributed by atoms with E-state index < -0.39 is 9.84 Å². The second-order valence-electron chi connectivity index (χ2n) is 5.04. The van der Waals surface area contributed by atoms with Crippen molar-refractivity contribution in [3.63, 3.8) is 0 Å². The zero-order valence-corrected chi connectivity index (χ0v) is 14.6. The predicted octanol–water partition coefficient (Wildman–Crippen LogP) is 3.34. The highest BCUT2D eigenvalue weighted by molar-refractivity contribution is 9.10. The molecule has 2 rings (SSSR count). The normalized spacial score (nSPS) is 12.7. The maximum atomic E-state index is 12.2. The molecule has 6 heteroatoms. The van der Waals surface area contributed by atoms with Crippen molar-refractivity contribution in [1.29, 1.82) is 0 Å². The minimum atomic E-state index is -3.25. The Hall–Kier alpha value is -1.66. The van der Waals surface area contributed by atoms with Crippen LogP contribution in [0.15, 0.2) is 57.9 Å². The molecular formula is C16H16BrNO3S. The van der Waals surface area contributed by atoms with Gasteiger partial charge in [0, 0.05) is 16.3 Å². The van der Waals surface area contributed by atoms with Gasteiger partial charge in [0.1, 0.15) is 0 Å². The first-order valence-electron chi connectivity index (χ1n) is 6.64. The number of hydrogen-bond donors (Lipinski definition) is 1. The smallest absolute Gasteiger partial charge is 0.251 e. The average Bonchev–Trinajstić information content (AvgIpc) is 2.47. The minimum Gasteiger partial charge on any atom is -0.346 e. The zero-order chi connectivity index (χ0) is 16.3. The van der Waals surface area contributed by atoms with Crippen LogP contribution in [0.4, 0.5) is 0 Å². The summed E-state index contributed by atoms with van der Waals surface area (Å²) in [6, 6.07) is 13.5. The number of amides is 1. The number of carbonyl (C=O) groups is 1. The summed E-state index contributed by atoms with van der Waals surface area (Å²) in [7, 11) is -3.25. The van der Waals surface area contributed by atoms with Gasteiger partial charge in [-0.3, -0.25) is 4.79 Å². The Balaban J connectivity index is 2.10. The molecule has 2 aromatic carbocycles. The Bertz CT molecular complexity index is 768. The number of sulfone groups is 1. The summed E-state index contributed by atoms with van der Waals surface area (Å²) in [5.41, 5.74) is 1.42. The van der Waals surface area contributed by atoms with Gasteiger partial charge in [-0.25, -0.2) is 8.42 Å². The van der Waals surface area contributed by atoms with Crippen molar-refractivity contribution in [3.05, 3.63) is 64.1 Å². The van der Waals surface area contributed by atoms with Gasteiger partial charge in [0.2, 0.25) is 0 Å². The number of rotatable bonds is 4. The summed E-state index contributed by atoms with van der Waals surface area (Å²) in [6.45, 7) is 1.89. The number of hydrogen-bond acceptors (Lipinski definition) is 3. The molecule has 116 valence electrons. The Kier molecular flexibility index (Phi) is 5.03. The fourth-order valence-electron chi connectivity index (χ4n) is 1.97. The van der Waals surface area contributed by atoms with Crippen LogP contribution in [0.2, 0.25) is 0 Å². The predicted molar refractivity (Wildman–Crippen MR) is 89.6 cm³/mol. The van der Waals surface area contributed by atoms with Gasteiger partial charge >= 0.3 is 0 Å². The molecule has 22 heavy (non-hydrogen) atoms. The molecule has 0 heterocycles. The average molecular weight is 382 g/mol. The highest BCUT2D eigenvalue weighted by Gasteiger charge is 2.13. The molecule has 0 fully saturated rings. The van der Waals surface area contributed by atoms with E-state index in [1.54, 1.807) is 0 Å². The highest BCUT2D eigenvalue weighted by atomic mass is 79.9. The van der Waals surface area contributed by atoms with Crippen molar-refractivity contribution in [1.82, 2.24) is 5.32 Å². The van der Waals surface area contributed by atoms with Crippen molar-refractivity contribution in [2.75, 3.05) is 6.26 Å². The van der Waals surface area contributed by atoms with E-state index in [1.807, 2.05) is 31.2 Å². The van der Waals surface area contributed by atoms with E-state index in [0.29, 0.717) is 5.56 Å². The molecule has 2 aromatic rings. The molecule has 0 aliphatic carbocycles. The van der Waals surface area contributed by atoms with Crippen LogP contribution in [0.1, 0.15) is 28.9 Å². The molecule has 0 saturated carbocycles. The lowest BCUT2D eigenvalue weighted by Gasteiger charge is -2.14. The van der Waals surface area contributed by atoms with E-state index >= 15 is 0 Å². The quantitative estimate of drug-likeness (QED) is 0.882. The topological polar surface area (TPSA) is 63.2 Å². The first-order valence-corrected chi connectivity index (χ1v) is 9.32. The molecule has 0 bridgehead atoms. The third-order valence-electron chi connectivity index (χ3n) is 3.26. The van der Waals surface area contributed by atoms with Crippen LogP contribution in [-0.4, -0.2) is 20.6 Å². The van der Waals surface area contributed by atoms with E-state index in [9.17, 15) is 13.2 Å². The maximum absolute atomic E-state index is 12.2. The lowest BCUT2D eigenvalue weighted by atomic mass is 10.1. The van der Waals surface area contributed by atoms with E-state index in [4.69, 9.17) is 0 Å². The molecule has 0 aromatic heterocycles. The van der Waals surface area contributed by atoms with E-state index in [-0.39, 0.29) is 16.8 Å². The van der Waals surface area contributed by atoms with Crippen LogP contribution >= 0.6 is 15.9 Å². The Labute approximate surface area is 138 Å². The van der Waals surface area contributed by atoms with Gasteiger partial charge in [0.25, 0.3) is 5.91 Å². The summed E-state index contributed by atoms with van der Waals surface area (Å²) in [4.78, 5) is 12.4. The molecule has 1 unspecified atom stereocenters. The summed E-state index contributed by atoms with van der Waals surface area (Å²) >= 11 is 3.37. The van der Waals surface area contributed by atoms with Crippen LogP contribution in [0.25, 0.3) is 0 Å². The van der Waals surface area contributed by atoms with Crippen LogP contribution in [0.3, 0.4) is 0 Å². The van der Waals surface area contributed by atoms with Gasteiger partial charge < -0.3 is 5.32 Å². The highest BCUT2D eigenvalue weighted by Crippen LogP contribution is 2.17. The summed E-state index contributed by atoms with van der Waals surface area (Å²) in [5.74, 6) is -0.240.